The number of halogens is 2. The van der Waals surface area contributed by atoms with Crippen LogP contribution in [0.15, 0.2) is 36.4 Å². The average molecular weight is 439 g/mol. The number of benzene rings is 2. The van der Waals surface area contributed by atoms with Gasteiger partial charge in [0.2, 0.25) is 5.91 Å². The van der Waals surface area contributed by atoms with Crippen molar-refractivity contribution in [2.45, 2.75) is 25.9 Å². The molecule has 0 saturated carbocycles. The maximum Gasteiger partial charge on any atom is 0.322 e. The molecule has 2 aromatic carbocycles. The number of hydrogen-bond donors (Lipinski definition) is 1. The van der Waals surface area contributed by atoms with Gasteiger partial charge in [-0.15, -0.1) is 0 Å². The highest BCUT2D eigenvalue weighted by Crippen LogP contribution is 2.43. The van der Waals surface area contributed by atoms with Crippen molar-refractivity contribution in [2.24, 2.45) is 5.92 Å². The van der Waals surface area contributed by atoms with Crippen LogP contribution in [0, 0.1) is 24.5 Å². The number of carbonyl (C=O) groups excluding carboxylic acids is 2. The van der Waals surface area contributed by atoms with Crippen molar-refractivity contribution in [3.8, 4) is 5.75 Å². The minimum absolute atomic E-state index is 0.0293. The molecule has 2 bridgehead atoms. The number of urea groups is 1. The second-order valence-corrected chi connectivity index (χ2v) is 8.52. The van der Waals surface area contributed by atoms with E-state index in [1.54, 1.807) is 12.0 Å². The summed E-state index contributed by atoms with van der Waals surface area (Å²) in [6.45, 7) is 2.29. The van der Waals surface area contributed by atoms with E-state index in [1.807, 2.05) is 19.1 Å². The van der Waals surface area contributed by atoms with Gasteiger partial charge in [0.1, 0.15) is 12.3 Å². The number of carbonyl (C=O) groups is 2. The van der Waals surface area contributed by atoms with Gasteiger partial charge in [-0.1, -0.05) is 12.1 Å². The van der Waals surface area contributed by atoms with E-state index >= 15 is 0 Å². The molecule has 1 aliphatic carbocycles. The molecule has 1 N–H and O–H groups in total. The quantitative estimate of drug-likeness (QED) is 0.785. The van der Waals surface area contributed by atoms with Gasteiger partial charge in [0.15, 0.2) is 11.6 Å². The Morgan fingerprint density at radius 3 is 2.75 bits per heavy atom. The normalized spacial score (nSPS) is 21.4. The van der Waals surface area contributed by atoms with Gasteiger partial charge in [-0.3, -0.25) is 4.79 Å². The molecule has 1 fully saturated rings. The van der Waals surface area contributed by atoms with Crippen molar-refractivity contribution in [1.82, 2.24) is 9.80 Å². The molecule has 6 nitrogen and oxygen atoms in total. The first kappa shape index (κ1) is 20.5. The number of likely N-dealkylation sites (tertiary alicyclic amines) is 1. The molecule has 3 amide bonds. The van der Waals surface area contributed by atoms with Gasteiger partial charge >= 0.3 is 6.03 Å². The maximum atomic E-state index is 14.2. The number of nitrogens with zero attached hydrogens (tertiary/aromatic N) is 2. The van der Waals surface area contributed by atoms with Crippen LogP contribution in [-0.2, 0) is 11.3 Å². The summed E-state index contributed by atoms with van der Waals surface area (Å²) < 4.78 is 33.0. The molecule has 1 saturated heterocycles. The van der Waals surface area contributed by atoms with Crippen LogP contribution in [-0.4, -0.2) is 48.0 Å². The Morgan fingerprint density at radius 1 is 1.25 bits per heavy atom. The van der Waals surface area contributed by atoms with Crippen molar-refractivity contribution in [1.29, 1.82) is 0 Å². The Kier molecular flexibility index (Phi) is 4.87. The zero-order valence-corrected chi connectivity index (χ0v) is 17.8. The number of methoxy groups -OCH3 is 1. The maximum absolute atomic E-state index is 14.2. The number of aryl methyl sites for hydroxylation is 1. The number of fused-ring (bicyclic) bond motifs is 3. The molecule has 2 aromatic rings. The minimum Gasteiger partial charge on any atom is -0.497 e. The van der Waals surface area contributed by atoms with Crippen LogP contribution in [0.4, 0.5) is 19.3 Å². The molecule has 2 atom stereocenters. The predicted molar refractivity (Wildman–Crippen MR) is 115 cm³/mol. The number of nitrogens with one attached hydrogen (secondary N) is 1. The van der Waals surface area contributed by atoms with Gasteiger partial charge in [0, 0.05) is 18.0 Å². The van der Waals surface area contributed by atoms with E-state index in [1.165, 1.54) is 16.5 Å². The Labute approximate surface area is 184 Å². The van der Waals surface area contributed by atoms with E-state index in [-0.39, 0.29) is 42.2 Å². The number of rotatable bonds is 4. The van der Waals surface area contributed by atoms with E-state index in [9.17, 15) is 18.4 Å². The fourth-order valence-electron chi connectivity index (χ4n) is 4.98. The molecular weight excluding hydrogens is 416 g/mol. The van der Waals surface area contributed by atoms with E-state index in [0.29, 0.717) is 6.54 Å². The summed E-state index contributed by atoms with van der Waals surface area (Å²) in [5, 5.41) is 2.54. The number of anilines is 1. The van der Waals surface area contributed by atoms with E-state index in [0.717, 1.165) is 29.4 Å². The molecule has 8 heteroatoms. The first-order valence-electron chi connectivity index (χ1n) is 10.5. The van der Waals surface area contributed by atoms with Gasteiger partial charge in [-0.05, 0) is 54.3 Å². The Balaban J connectivity index is 1.30. The highest BCUT2D eigenvalue weighted by Gasteiger charge is 2.42. The summed E-state index contributed by atoms with van der Waals surface area (Å²) >= 11 is 0. The summed E-state index contributed by atoms with van der Waals surface area (Å²) in [5.41, 5.74) is 3.81. The largest absolute Gasteiger partial charge is 0.497 e. The van der Waals surface area contributed by atoms with Crippen LogP contribution in [0.2, 0.25) is 0 Å². The van der Waals surface area contributed by atoms with Crippen LogP contribution in [0.1, 0.15) is 23.1 Å². The molecule has 0 spiro atoms. The molecule has 3 aliphatic rings. The lowest BCUT2D eigenvalue weighted by Crippen LogP contribution is -2.47. The van der Waals surface area contributed by atoms with Crippen molar-refractivity contribution in [3.05, 3.63) is 64.7 Å². The van der Waals surface area contributed by atoms with Crippen LogP contribution < -0.4 is 10.1 Å². The Morgan fingerprint density at radius 2 is 2.06 bits per heavy atom. The third-order valence-electron chi connectivity index (χ3n) is 6.62. The zero-order chi connectivity index (χ0) is 22.6. The third-order valence-corrected chi connectivity index (χ3v) is 6.62. The lowest BCUT2D eigenvalue weighted by Gasteiger charge is -2.32. The molecule has 2 aliphatic heterocycles. The van der Waals surface area contributed by atoms with Gasteiger partial charge in [-0.25, -0.2) is 13.6 Å². The summed E-state index contributed by atoms with van der Waals surface area (Å²) in [7, 11) is 1.64. The van der Waals surface area contributed by atoms with Gasteiger partial charge < -0.3 is 19.9 Å². The number of ether oxygens (including phenoxy) is 1. The van der Waals surface area contributed by atoms with Crippen LogP contribution in [0.3, 0.4) is 0 Å². The molecule has 0 unspecified atom stereocenters. The summed E-state index contributed by atoms with van der Waals surface area (Å²) in [6, 6.07) is 7.77. The molecule has 32 heavy (non-hydrogen) atoms. The van der Waals surface area contributed by atoms with Crippen molar-refractivity contribution in [3.63, 3.8) is 0 Å². The lowest BCUT2D eigenvalue weighted by molar-refractivity contribution is -0.132. The summed E-state index contributed by atoms with van der Waals surface area (Å²) in [4.78, 5) is 28.4. The van der Waals surface area contributed by atoms with Crippen molar-refractivity contribution < 1.29 is 23.1 Å². The van der Waals surface area contributed by atoms with Gasteiger partial charge in [0.25, 0.3) is 0 Å². The van der Waals surface area contributed by atoms with Gasteiger partial charge in [0.05, 0.1) is 25.4 Å². The molecule has 166 valence electrons. The monoisotopic (exact) mass is 439 g/mol. The average Bonchev–Trinajstić information content (AvgIpc) is 3.38. The van der Waals surface area contributed by atoms with Gasteiger partial charge in [-0.2, -0.15) is 0 Å². The molecule has 5 rings (SSSR count). The number of amides is 3. The van der Waals surface area contributed by atoms with Crippen LogP contribution >= 0.6 is 0 Å². The molecule has 0 aromatic heterocycles. The SMILES string of the molecule is COc1ccc(C2=C[C@@H]3C[C@H]2CN3C(=O)CN2Cc3c(ccc(F)c3F)NC2=O)c(C)c1. The van der Waals surface area contributed by atoms with Crippen molar-refractivity contribution >= 4 is 23.2 Å². The first-order valence-corrected chi connectivity index (χ1v) is 10.5. The zero-order valence-electron chi connectivity index (χ0n) is 17.8. The molecular formula is C24H23F2N3O3. The van der Waals surface area contributed by atoms with Crippen molar-refractivity contribution in [2.75, 3.05) is 25.5 Å². The predicted octanol–water partition coefficient (Wildman–Crippen LogP) is 3.94. The topological polar surface area (TPSA) is 61.9 Å². The van der Waals surface area contributed by atoms with E-state index < -0.39 is 17.7 Å². The molecule has 2 heterocycles. The minimum atomic E-state index is -0.998. The summed E-state index contributed by atoms with van der Waals surface area (Å²) in [6.07, 6.45) is 2.98. The highest BCUT2D eigenvalue weighted by molar-refractivity contribution is 5.95. The first-order chi connectivity index (χ1) is 15.4. The fourth-order valence-corrected chi connectivity index (χ4v) is 4.98. The number of hydrogen-bond acceptors (Lipinski definition) is 3. The standard InChI is InChI=1S/C24H23F2N3O3/c1-13-7-16(32-2)3-4-17(13)18-9-15-8-14(18)10-29(15)22(30)12-28-11-19-21(27-24(28)31)6-5-20(25)23(19)26/h3-7,9,14-15H,8,10-12H2,1-2H3,(H,27,31)/t14-,15-/m0/s1. The third kappa shape index (κ3) is 3.30. The lowest BCUT2D eigenvalue weighted by atomic mass is 9.92. The fraction of sp³-hybridized carbons (Fsp3) is 0.333. The molecule has 0 radical (unpaired) electrons. The van der Waals surface area contributed by atoms with E-state index in [4.69, 9.17) is 4.74 Å². The van der Waals surface area contributed by atoms with Crippen LogP contribution in [0.5, 0.6) is 5.75 Å². The van der Waals surface area contributed by atoms with E-state index in [2.05, 4.69) is 17.5 Å². The Hall–Kier alpha value is -3.42. The van der Waals surface area contributed by atoms with Crippen LogP contribution in [0.25, 0.3) is 5.57 Å². The second-order valence-electron chi connectivity index (χ2n) is 8.52. The summed E-state index contributed by atoms with van der Waals surface area (Å²) in [5.74, 6) is -1.13. The Bertz CT molecular complexity index is 1160. The highest BCUT2D eigenvalue weighted by atomic mass is 19.2. The smallest absolute Gasteiger partial charge is 0.322 e. The second kappa shape index (κ2) is 7.62.